The largest absolute Gasteiger partial charge is 0.493 e. The number of likely N-dealkylation sites (tertiary alicyclic amines) is 1. The molecule has 0 radical (unpaired) electrons. The Kier molecular flexibility index (Phi) is 6.71. The third kappa shape index (κ3) is 4.67. The van der Waals surface area contributed by atoms with Gasteiger partial charge in [-0.2, -0.15) is 0 Å². The molecule has 1 saturated heterocycles. The molecule has 0 aromatic heterocycles. The lowest BCUT2D eigenvalue weighted by Gasteiger charge is -2.37. The maximum absolute atomic E-state index is 12.5. The predicted octanol–water partition coefficient (Wildman–Crippen LogP) is 4.36. The van der Waals surface area contributed by atoms with Crippen LogP contribution in [0.4, 0.5) is 0 Å². The summed E-state index contributed by atoms with van der Waals surface area (Å²) < 4.78 is 33.6. The number of rotatable bonds is 9. The van der Waals surface area contributed by atoms with Gasteiger partial charge in [0.25, 0.3) is 5.91 Å². The van der Waals surface area contributed by atoms with Crippen molar-refractivity contribution in [2.24, 2.45) is 5.92 Å². The summed E-state index contributed by atoms with van der Waals surface area (Å²) >= 11 is 0. The summed E-state index contributed by atoms with van der Waals surface area (Å²) in [7, 11) is -1.55. The highest BCUT2D eigenvalue weighted by Gasteiger charge is 2.40. The van der Waals surface area contributed by atoms with Crippen LogP contribution in [0.25, 0.3) is 0 Å². The Morgan fingerprint density at radius 3 is 2.52 bits per heavy atom. The van der Waals surface area contributed by atoms with Crippen molar-refractivity contribution in [2.75, 3.05) is 39.9 Å². The smallest absolute Gasteiger partial charge is 0.274 e. The lowest BCUT2D eigenvalue weighted by molar-refractivity contribution is 0.0860. The Hall–Kier alpha value is -2.26. The second-order valence-electron chi connectivity index (χ2n) is 8.05. The number of para-hydroxylation sites is 2. The number of unbranched alkanes of at least 4 members (excludes halogenated alkanes) is 1. The van der Waals surface area contributed by atoms with Crippen LogP contribution in [0.15, 0.2) is 53.4 Å². The van der Waals surface area contributed by atoms with Gasteiger partial charge in [0, 0.05) is 19.0 Å². The number of carbonyl (C=O) groups is 1. The molecular formula is C23H30N2O5S. The van der Waals surface area contributed by atoms with Gasteiger partial charge in [-0.3, -0.25) is 13.9 Å². The zero-order valence-corrected chi connectivity index (χ0v) is 18.6. The maximum atomic E-state index is 12.5. The van der Waals surface area contributed by atoms with Crippen molar-refractivity contribution in [3.05, 3.63) is 54.1 Å². The normalized spacial score (nSPS) is 21.2. The van der Waals surface area contributed by atoms with Gasteiger partial charge >= 0.3 is 0 Å². The van der Waals surface area contributed by atoms with Gasteiger partial charge in [0.1, 0.15) is 0 Å². The molecule has 2 aliphatic heterocycles. The lowest BCUT2D eigenvalue weighted by atomic mass is 10.1. The molecule has 7 nitrogen and oxygen atoms in total. The van der Waals surface area contributed by atoms with E-state index < -0.39 is 10.8 Å². The van der Waals surface area contributed by atoms with Crippen LogP contribution in [0, 0.1) is 5.92 Å². The minimum atomic E-state index is -3.20. The van der Waals surface area contributed by atoms with Gasteiger partial charge in [0.2, 0.25) is 0 Å². The second-order valence-corrected chi connectivity index (χ2v) is 9.96. The third-order valence-corrected chi connectivity index (χ3v) is 7.85. The van der Waals surface area contributed by atoms with Crippen LogP contribution in [0.1, 0.15) is 29.6 Å². The molecule has 1 fully saturated rings. The van der Waals surface area contributed by atoms with Crippen molar-refractivity contribution in [1.82, 2.24) is 9.21 Å². The van der Waals surface area contributed by atoms with Gasteiger partial charge in [0.05, 0.1) is 24.2 Å². The molecule has 4 rings (SSSR count). The number of methoxy groups -OCH3 is 1. The van der Waals surface area contributed by atoms with E-state index in [2.05, 4.69) is 4.90 Å². The van der Waals surface area contributed by atoms with E-state index in [-0.39, 0.29) is 5.91 Å². The van der Waals surface area contributed by atoms with E-state index in [4.69, 9.17) is 9.47 Å². The Labute approximate surface area is 185 Å². The number of nitrogens with zero attached hydrogens (tertiary/aromatic N) is 2. The van der Waals surface area contributed by atoms with Crippen LogP contribution in [-0.4, -0.2) is 64.1 Å². The van der Waals surface area contributed by atoms with Crippen molar-refractivity contribution in [2.45, 2.75) is 24.2 Å². The van der Waals surface area contributed by atoms with Crippen LogP contribution in [-0.2, 0) is 0 Å². The molecule has 2 aromatic rings. The second kappa shape index (κ2) is 9.48. The van der Waals surface area contributed by atoms with Gasteiger partial charge < -0.3 is 14.4 Å². The molecule has 31 heavy (non-hydrogen) atoms. The van der Waals surface area contributed by atoms with E-state index in [1.165, 1.54) is 4.31 Å². The fourth-order valence-corrected chi connectivity index (χ4v) is 5.93. The van der Waals surface area contributed by atoms with E-state index in [0.29, 0.717) is 29.5 Å². The fourth-order valence-electron chi connectivity index (χ4n) is 4.27. The number of fused-ring (bicyclic) bond motifs is 1. The molecule has 1 amide bonds. The first-order valence-corrected chi connectivity index (χ1v) is 12.2. The molecule has 1 atom stereocenters. The highest BCUT2D eigenvalue weighted by atomic mass is 32.3. The number of hydrogen-bond acceptors (Lipinski definition) is 6. The van der Waals surface area contributed by atoms with Crippen molar-refractivity contribution >= 4 is 16.7 Å². The molecule has 0 spiro atoms. The summed E-state index contributed by atoms with van der Waals surface area (Å²) in [5, 5.41) is 0. The Balaban J connectivity index is 1.19. The first-order valence-electron chi connectivity index (χ1n) is 10.7. The molecule has 0 aliphatic carbocycles. The third-order valence-electron chi connectivity index (χ3n) is 5.95. The van der Waals surface area contributed by atoms with E-state index >= 15 is 0 Å². The molecule has 2 aromatic carbocycles. The van der Waals surface area contributed by atoms with E-state index in [0.717, 1.165) is 50.4 Å². The van der Waals surface area contributed by atoms with Crippen LogP contribution in [0.3, 0.4) is 0 Å². The summed E-state index contributed by atoms with van der Waals surface area (Å²) in [6.45, 7) is 3.96. The zero-order chi connectivity index (χ0) is 21.8. The minimum Gasteiger partial charge on any atom is -0.493 e. The lowest BCUT2D eigenvalue weighted by Crippen LogP contribution is -2.29. The van der Waals surface area contributed by atoms with Crippen molar-refractivity contribution in [1.29, 1.82) is 0 Å². The predicted molar refractivity (Wildman–Crippen MR) is 121 cm³/mol. The van der Waals surface area contributed by atoms with Crippen molar-refractivity contribution < 1.29 is 23.4 Å². The van der Waals surface area contributed by atoms with Gasteiger partial charge in [-0.15, -0.1) is 0 Å². The fraction of sp³-hybridized carbons (Fsp3) is 0.435. The topological polar surface area (TPSA) is 82.5 Å². The number of hydrogen-bond donors (Lipinski definition) is 2. The molecule has 2 aliphatic rings. The molecule has 0 bridgehead atoms. The molecule has 168 valence electrons. The van der Waals surface area contributed by atoms with E-state index in [9.17, 15) is 13.9 Å². The molecule has 8 heteroatoms. The van der Waals surface area contributed by atoms with E-state index in [1.807, 2.05) is 24.3 Å². The SMILES string of the molecule is COc1ccccc1OCC1CCN(CCCCN2C(=O)c3ccccc3S2(O)O)C1. The van der Waals surface area contributed by atoms with Gasteiger partial charge in [-0.1, -0.05) is 35.0 Å². The Bertz CT molecular complexity index is 922. The van der Waals surface area contributed by atoms with Crippen molar-refractivity contribution in [3.8, 4) is 11.5 Å². The summed E-state index contributed by atoms with van der Waals surface area (Å²) in [5.41, 5.74) is 0.403. The number of amides is 1. The average molecular weight is 447 g/mol. The first-order chi connectivity index (χ1) is 15.0. The minimum absolute atomic E-state index is 0.287. The Morgan fingerprint density at radius 1 is 1.03 bits per heavy atom. The number of benzene rings is 2. The van der Waals surface area contributed by atoms with Gasteiger partial charge in [0.15, 0.2) is 11.5 Å². The summed E-state index contributed by atoms with van der Waals surface area (Å²) in [6.07, 6.45) is 2.72. The Morgan fingerprint density at radius 2 is 1.74 bits per heavy atom. The van der Waals surface area contributed by atoms with Crippen LogP contribution in [0.5, 0.6) is 11.5 Å². The summed E-state index contributed by atoms with van der Waals surface area (Å²) in [5.74, 6) is 1.72. The summed E-state index contributed by atoms with van der Waals surface area (Å²) in [6, 6.07) is 14.4. The average Bonchev–Trinajstić information content (AvgIpc) is 3.31. The van der Waals surface area contributed by atoms with E-state index in [1.54, 1.807) is 31.4 Å². The quantitative estimate of drug-likeness (QED) is 0.557. The zero-order valence-electron chi connectivity index (χ0n) is 17.8. The molecule has 0 saturated carbocycles. The van der Waals surface area contributed by atoms with Gasteiger partial charge in [-0.05, 0) is 56.6 Å². The maximum Gasteiger partial charge on any atom is 0.274 e. The van der Waals surface area contributed by atoms with Crippen LogP contribution >= 0.6 is 10.8 Å². The first kappa shape index (κ1) is 22.0. The number of carbonyl (C=O) groups excluding carboxylic acids is 1. The molecular weight excluding hydrogens is 416 g/mol. The van der Waals surface area contributed by atoms with Crippen molar-refractivity contribution in [3.63, 3.8) is 0 Å². The monoisotopic (exact) mass is 446 g/mol. The summed E-state index contributed by atoms with van der Waals surface area (Å²) in [4.78, 5) is 15.3. The van der Waals surface area contributed by atoms with Gasteiger partial charge in [-0.25, -0.2) is 4.31 Å². The highest BCUT2D eigenvalue weighted by molar-refractivity contribution is 8.23. The van der Waals surface area contributed by atoms with Crippen LogP contribution < -0.4 is 9.47 Å². The molecule has 2 N–H and O–H groups in total. The molecule has 1 unspecified atom stereocenters. The van der Waals surface area contributed by atoms with Crippen LogP contribution in [0.2, 0.25) is 0 Å². The standard InChI is InChI=1S/C23H30N2O5S/c1-29-20-9-3-4-10-21(20)30-17-18-12-15-24(16-18)13-6-7-14-25-23(26)19-8-2-5-11-22(19)31(25,27)28/h2-5,8-11,18,27-28H,6-7,12-17H2,1H3. The highest BCUT2D eigenvalue weighted by Crippen LogP contribution is 2.58. The number of ether oxygens (including phenoxy) is 2. The molecule has 2 heterocycles.